The molecule has 0 saturated carbocycles. The van der Waals surface area contributed by atoms with Gasteiger partial charge in [0.1, 0.15) is 12.2 Å². The Bertz CT molecular complexity index is 1540. The largest absolute Gasteiger partial charge is 0.357 e. The zero-order chi connectivity index (χ0) is 23.2. The molecule has 1 fully saturated rings. The number of imidazole rings is 2. The molecule has 0 amide bonds. The summed E-state index contributed by atoms with van der Waals surface area (Å²) in [5.41, 5.74) is 4.09. The van der Waals surface area contributed by atoms with E-state index in [1.54, 1.807) is 25.8 Å². The van der Waals surface area contributed by atoms with Gasteiger partial charge in [0.05, 0.1) is 16.6 Å². The Kier molecular flexibility index (Phi) is 4.75. The van der Waals surface area contributed by atoms with Crippen molar-refractivity contribution in [1.29, 1.82) is 0 Å². The van der Waals surface area contributed by atoms with Crippen molar-refractivity contribution in [2.24, 2.45) is 7.05 Å². The van der Waals surface area contributed by atoms with Crippen molar-refractivity contribution in [2.45, 2.75) is 18.9 Å². The SMILES string of the molecule is CNc1ncc(-c2nc3c(N4CCC(n5c(=O)[nH]c6ccccc65)CC4)ncnc3n2C)cn1. The van der Waals surface area contributed by atoms with Crippen LogP contribution in [0.4, 0.5) is 11.8 Å². The van der Waals surface area contributed by atoms with Crippen molar-refractivity contribution < 1.29 is 0 Å². The first-order valence-electron chi connectivity index (χ1n) is 11.3. The van der Waals surface area contributed by atoms with Crippen LogP contribution >= 0.6 is 0 Å². The summed E-state index contributed by atoms with van der Waals surface area (Å²) in [6.45, 7) is 1.54. The lowest BCUT2D eigenvalue weighted by Gasteiger charge is -2.33. The minimum Gasteiger partial charge on any atom is -0.357 e. The fourth-order valence-electron chi connectivity index (χ4n) is 4.82. The Morgan fingerprint density at radius 1 is 1.06 bits per heavy atom. The van der Waals surface area contributed by atoms with E-state index >= 15 is 0 Å². The number of aromatic amines is 1. The number of rotatable bonds is 4. The third kappa shape index (κ3) is 3.19. The van der Waals surface area contributed by atoms with Gasteiger partial charge >= 0.3 is 5.69 Å². The molecule has 1 aliphatic rings. The van der Waals surface area contributed by atoms with Crippen LogP contribution in [-0.2, 0) is 7.05 Å². The van der Waals surface area contributed by atoms with E-state index in [-0.39, 0.29) is 11.7 Å². The molecule has 0 bridgehead atoms. The average molecular weight is 457 g/mol. The van der Waals surface area contributed by atoms with Crippen LogP contribution in [0.5, 0.6) is 0 Å². The van der Waals surface area contributed by atoms with E-state index in [0.29, 0.717) is 5.95 Å². The van der Waals surface area contributed by atoms with E-state index in [1.807, 2.05) is 40.4 Å². The first-order valence-corrected chi connectivity index (χ1v) is 11.3. The van der Waals surface area contributed by atoms with Crippen LogP contribution in [0.1, 0.15) is 18.9 Å². The van der Waals surface area contributed by atoms with Crippen LogP contribution in [0.15, 0.2) is 47.8 Å². The average Bonchev–Trinajstić information content (AvgIpc) is 3.40. The lowest BCUT2D eigenvalue weighted by Crippen LogP contribution is -2.37. The normalized spacial score (nSPS) is 14.8. The topological polar surface area (TPSA) is 122 Å². The quantitative estimate of drug-likeness (QED) is 0.423. The molecule has 1 aromatic carbocycles. The number of H-pyrrole nitrogens is 1. The molecular weight excluding hydrogens is 432 g/mol. The van der Waals surface area contributed by atoms with Gasteiger partial charge in [-0.25, -0.2) is 29.7 Å². The van der Waals surface area contributed by atoms with E-state index in [0.717, 1.165) is 65.3 Å². The zero-order valence-corrected chi connectivity index (χ0v) is 18.9. The van der Waals surface area contributed by atoms with Crippen LogP contribution in [0.2, 0.25) is 0 Å². The first kappa shape index (κ1) is 20.3. The van der Waals surface area contributed by atoms with Gasteiger partial charge in [-0.15, -0.1) is 0 Å². The molecule has 11 nitrogen and oxygen atoms in total. The highest BCUT2D eigenvalue weighted by atomic mass is 16.1. The molecule has 4 aromatic heterocycles. The summed E-state index contributed by atoms with van der Waals surface area (Å²) in [4.78, 5) is 40.4. The second-order valence-corrected chi connectivity index (χ2v) is 8.44. The van der Waals surface area contributed by atoms with Gasteiger partial charge in [-0.3, -0.25) is 4.57 Å². The van der Waals surface area contributed by atoms with Gasteiger partial charge in [-0.05, 0) is 25.0 Å². The predicted octanol–water partition coefficient (Wildman–Crippen LogP) is 2.35. The molecule has 6 rings (SSSR count). The van der Waals surface area contributed by atoms with Crippen LogP contribution in [0, 0.1) is 0 Å². The zero-order valence-electron chi connectivity index (χ0n) is 18.9. The number of hydrogen-bond donors (Lipinski definition) is 2. The predicted molar refractivity (Wildman–Crippen MR) is 130 cm³/mol. The number of nitrogens with zero attached hydrogens (tertiary/aromatic N) is 8. The Morgan fingerprint density at radius 3 is 2.59 bits per heavy atom. The van der Waals surface area contributed by atoms with Crippen molar-refractivity contribution >= 4 is 34.0 Å². The van der Waals surface area contributed by atoms with Crippen LogP contribution < -0.4 is 15.9 Å². The summed E-state index contributed by atoms with van der Waals surface area (Å²) in [6.07, 6.45) is 6.76. The maximum absolute atomic E-state index is 12.6. The molecule has 0 unspecified atom stereocenters. The lowest BCUT2D eigenvalue weighted by atomic mass is 10.0. The van der Waals surface area contributed by atoms with Crippen LogP contribution in [-0.4, -0.2) is 59.2 Å². The van der Waals surface area contributed by atoms with Crippen molar-refractivity contribution in [1.82, 2.24) is 39.0 Å². The van der Waals surface area contributed by atoms with E-state index < -0.39 is 0 Å². The van der Waals surface area contributed by atoms with Gasteiger partial charge < -0.3 is 19.8 Å². The summed E-state index contributed by atoms with van der Waals surface area (Å²) in [7, 11) is 3.72. The molecule has 11 heteroatoms. The number of hydrogen-bond acceptors (Lipinski definition) is 8. The Hall–Kier alpha value is -4.28. The number of piperidine rings is 1. The van der Waals surface area contributed by atoms with Crippen LogP contribution in [0.3, 0.4) is 0 Å². The molecule has 1 aliphatic heterocycles. The Morgan fingerprint density at radius 2 is 1.82 bits per heavy atom. The molecular formula is C23H24N10O. The summed E-state index contributed by atoms with van der Waals surface area (Å²) >= 11 is 0. The molecule has 34 heavy (non-hydrogen) atoms. The standard InChI is InChI=1S/C23H24N10O/c1-24-22-25-11-14(12-26-22)19-30-18-20(31(19)2)27-13-28-21(18)32-9-7-15(8-10-32)33-17-6-4-3-5-16(17)29-23(33)34/h3-6,11-13,15H,7-10H2,1-2H3,(H,29,34)(H,24,25,26). The first-order chi connectivity index (χ1) is 16.6. The summed E-state index contributed by atoms with van der Waals surface area (Å²) < 4.78 is 3.84. The van der Waals surface area contributed by atoms with Gasteiger partial charge in [0.2, 0.25) is 5.95 Å². The maximum atomic E-state index is 12.6. The van der Waals surface area contributed by atoms with Gasteiger partial charge in [-0.1, -0.05) is 12.1 Å². The monoisotopic (exact) mass is 456 g/mol. The van der Waals surface area contributed by atoms with Gasteiger partial charge in [0.25, 0.3) is 0 Å². The fraction of sp³-hybridized carbons (Fsp3) is 0.304. The number of aryl methyl sites for hydroxylation is 1. The number of aromatic nitrogens is 8. The molecule has 0 aliphatic carbocycles. The number of benzene rings is 1. The third-order valence-electron chi connectivity index (χ3n) is 6.52. The second kappa shape index (κ2) is 7.94. The number of fused-ring (bicyclic) bond motifs is 2. The number of anilines is 2. The smallest absolute Gasteiger partial charge is 0.326 e. The maximum Gasteiger partial charge on any atom is 0.326 e. The van der Waals surface area contributed by atoms with Gasteiger partial charge in [0.15, 0.2) is 17.0 Å². The molecule has 0 spiro atoms. The molecule has 0 radical (unpaired) electrons. The fourth-order valence-corrected chi connectivity index (χ4v) is 4.82. The molecule has 5 heterocycles. The Balaban J connectivity index is 1.30. The minimum absolute atomic E-state index is 0.0510. The summed E-state index contributed by atoms with van der Waals surface area (Å²) in [5, 5.41) is 2.92. The van der Waals surface area contributed by atoms with Crippen molar-refractivity contribution in [3.8, 4) is 11.4 Å². The highest BCUT2D eigenvalue weighted by Crippen LogP contribution is 2.31. The summed E-state index contributed by atoms with van der Waals surface area (Å²) in [5.74, 6) is 2.10. The van der Waals surface area contributed by atoms with Crippen LogP contribution in [0.25, 0.3) is 33.6 Å². The highest BCUT2D eigenvalue weighted by Gasteiger charge is 2.26. The van der Waals surface area contributed by atoms with Crippen molar-refractivity contribution in [3.63, 3.8) is 0 Å². The van der Waals surface area contributed by atoms with Gasteiger partial charge in [0, 0.05) is 45.6 Å². The number of para-hydroxylation sites is 2. The molecule has 5 aromatic rings. The molecule has 172 valence electrons. The lowest BCUT2D eigenvalue weighted by molar-refractivity contribution is 0.395. The Labute approximate surface area is 194 Å². The minimum atomic E-state index is -0.0510. The van der Waals surface area contributed by atoms with E-state index in [1.165, 1.54) is 0 Å². The van der Waals surface area contributed by atoms with E-state index in [2.05, 4.69) is 35.1 Å². The molecule has 1 saturated heterocycles. The number of nitrogens with one attached hydrogen (secondary N) is 2. The summed E-state index contributed by atoms with van der Waals surface area (Å²) in [6, 6.07) is 7.98. The molecule has 2 N–H and O–H groups in total. The van der Waals surface area contributed by atoms with Gasteiger partial charge in [-0.2, -0.15) is 0 Å². The van der Waals surface area contributed by atoms with E-state index in [9.17, 15) is 4.79 Å². The highest BCUT2D eigenvalue weighted by molar-refractivity contribution is 5.86. The van der Waals surface area contributed by atoms with Crippen molar-refractivity contribution in [3.05, 3.63) is 53.5 Å². The van der Waals surface area contributed by atoms with E-state index in [4.69, 9.17) is 4.98 Å². The second-order valence-electron chi connectivity index (χ2n) is 8.44. The molecule has 0 atom stereocenters. The third-order valence-corrected chi connectivity index (χ3v) is 6.52. The van der Waals surface area contributed by atoms with Crippen molar-refractivity contribution in [2.75, 3.05) is 30.4 Å².